The minimum Gasteiger partial charge on any atom is -0.382 e. The number of aryl methyl sites for hydroxylation is 1. The molecule has 1 aromatic carbocycles. The standard InChI is InChI=1S/C13H19ClN2/c1-9-5-6-11(7-12(9)14)16-13-4-2-3-10(13)8-15/h5-7,10,13,16H,2-4,8,15H2,1H3. The molecule has 0 amide bonds. The lowest BCUT2D eigenvalue weighted by molar-refractivity contribution is 0.516. The van der Waals surface area contributed by atoms with E-state index >= 15 is 0 Å². The van der Waals surface area contributed by atoms with Gasteiger partial charge in [0, 0.05) is 16.8 Å². The largest absolute Gasteiger partial charge is 0.382 e. The molecule has 1 fully saturated rings. The van der Waals surface area contributed by atoms with Gasteiger partial charge in [0.25, 0.3) is 0 Å². The maximum absolute atomic E-state index is 6.10. The molecule has 2 unspecified atom stereocenters. The Balaban J connectivity index is 2.05. The number of hydrogen-bond donors (Lipinski definition) is 2. The van der Waals surface area contributed by atoms with Gasteiger partial charge in [-0.1, -0.05) is 24.1 Å². The van der Waals surface area contributed by atoms with Crippen molar-refractivity contribution in [3.8, 4) is 0 Å². The van der Waals surface area contributed by atoms with Gasteiger partial charge in [-0.25, -0.2) is 0 Å². The first-order chi connectivity index (χ1) is 7.70. The quantitative estimate of drug-likeness (QED) is 0.849. The van der Waals surface area contributed by atoms with Crippen molar-refractivity contribution < 1.29 is 0 Å². The second-order valence-electron chi connectivity index (χ2n) is 4.64. The number of benzene rings is 1. The molecule has 0 aliphatic heterocycles. The molecule has 0 spiro atoms. The summed E-state index contributed by atoms with van der Waals surface area (Å²) in [6.45, 7) is 2.79. The van der Waals surface area contributed by atoms with E-state index in [1.165, 1.54) is 19.3 Å². The van der Waals surface area contributed by atoms with Gasteiger partial charge in [-0.2, -0.15) is 0 Å². The zero-order valence-electron chi connectivity index (χ0n) is 9.67. The van der Waals surface area contributed by atoms with Crippen LogP contribution in [0.4, 0.5) is 5.69 Å². The van der Waals surface area contributed by atoms with Crippen molar-refractivity contribution in [2.45, 2.75) is 32.2 Å². The van der Waals surface area contributed by atoms with Gasteiger partial charge in [0.05, 0.1) is 0 Å². The first-order valence-electron chi connectivity index (χ1n) is 5.93. The van der Waals surface area contributed by atoms with Crippen molar-refractivity contribution in [3.63, 3.8) is 0 Å². The van der Waals surface area contributed by atoms with Gasteiger partial charge in [0.2, 0.25) is 0 Å². The van der Waals surface area contributed by atoms with Crippen molar-refractivity contribution in [1.82, 2.24) is 0 Å². The van der Waals surface area contributed by atoms with Gasteiger partial charge in [-0.3, -0.25) is 0 Å². The Morgan fingerprint density at radius 1 is 1.44 bits per heavy atom. The lowest BCUT2D eigenvalue weighted by atomic mass is 10.0. The van der Waals surface area contributed by atoms with Gasteiger partial charge >= 0.3 is 0 Å². The number of halogens is 1. The van der Waals surface area contributed by atoms with Crippen LogP contribution in [0.3, 0.4) is 0 Å². The molecule has 1 aliphatic rings. The molecule has 3 heteroatoms. The van der Waals surface area contributed by atoms with E-state index in [-0.39, 0.29) is 0 Å². The molecule has 0 bridgehead atoms. The fraction of sp³-hybridized carbons (Fsp3) is 0.538. The Morgan fingerprint density at radius 2 is 2.25 bits per heavy atom. The first-order valence-corrected chi connectivity index (χ1v) is 6.31. The number of anilines is 1. The minimum absolute atomic E-state index is 0.517. The van der Waals surface area contributed by atoms with Crippen LogP contribution >= 0.6 is 11.6 Å². The molecule has 1 aromatic rings. The Morgan fingerprint density at radius 3 is 2.94 bits per heavy atom. The molecule has 0 aromatic heterocycles. The summed E-state index contributed by atoms with van der Waals surface area (Å²) >= 11 is 6.10. The second kappa shape index (κ2) is 5.07. The van der Waals surface area contributed by atoms with Gasteiger partial charge in [0.15, 0.2) is 0 Å². The van der Waals surface area contributed by atoms with Crippen LogP contribution in [0.25, 0.3) is 0 Å². The molecule has 88 valence electrons. The number of nitrogens with one attached hydrogen (secondary N) is 1. The molecule has 16 heavy (non-hydrogen) atoms. The van der Waals surface area contributed by atoms with Crippen LogP contribution in [0, 0.1) is 12.8 Å². The van der Waals surface area contributed by atoms with E-state index in [4.69, 9.17) is 17.3 Å². The van der Waals surface area contributed by atoms with Gasteiger partial charge in [-0.15, -0.1) is 0 Å². The van der Waals surface area contributed by atoms with Gasteiger partial charge in [0.1, 0.15) is 0 Å². The highest BCUT2D eigenvalue weighted by molar-refractivity contribution is 6.31. The third kappa shape index (κ3) is 2.50. The number of hydrogen-bond acceptors (Lipinski definition) is 2. The smallest absolute Gasteiger partial charge is 0.0455 e. The third-order valence-electron chi connectivity index (χ3n) is 3.49. The van der Waals surface area contributed by atoms with E-state index in [1.807, 2.05) is 13.0 Å². The van der Waals surface area contributed by atoms with Crippen molar-refractivity contribution >= 4 is 17.3 Å². The Bertz CT molecular complexity index is 365. The summed E-state index contributed by atoms with van der Waals surface area (Å²) in [6, 6.07) is 6.66. The predicted molar refractivity (Wildman–Crippen MR) is 70.0 cm³/mol. The molecule has 1 aliphatic carbocycles. The normalized spacial score (nSPS) is 24.7. The summed E-state index contributed by atoms with van der Waals surface area (Å²) in [5.74, 6) is 0.611. The second-order valence-corrected chi connectivity index (χ2v) is 5.05. The van der Waals surface area contributed by atoms with Crippen LogP contribution in [0.2, 0.25) is 5.02 Å². The maximum atomic E-state index is 6.10. The van der Waals surface area contributed by atoms with Crippen molar-refractivity contribution in [3.05, 3.63) is 28.8 Å². The van der Waals surface area contributed by atoms with Crippen molar-refractivity contribution in [2.24, 2.45) is 11.7 Å². The van der Waals surface area contributed by atoms with Crippen molar-refractivity contribution in [1.29, 1.82) is 0 Å². The monoisotopic (exact) mass is 238 g/mol. The zero-order chi connectivity index (χ0) is 11.5. The summed E-state index contributed by atoms with van der Waals surface area (Å²) in [7, 11) is 0. The molecule has 3 N–H and O–H groups in total. The van der Waals surface area contributed by atoms with Crippen LogP contribution in [0.1, 0.15) is 24.8 Å². The minimum atomic E-state index is 0.517. The summed E-state index contributed by atoms with van der Waals surface area (Å²) in [5, 5.41) is 4.37. The lowest BCUT2D eigenvalue weighted by Gasteiger charge is -2.21. The van der Waals surface area contributed by atoms with E-state index in [2.05, 4.69) is 17.4 Å². The average molecular weight is 239 g/mol. The molecule has 2 atom stereocenters. The Labute approximate surface area is 102 Å². The summed E-state index contributed by atoms with van der Waals surface area (Å²) < 4.78 is 0. The van der Waals surface area contributed by atoms with Crippen LogP contribution in [0.5, 0.6) is 0 Å². The molecule has 2 rings (SSSR count). The Kier molecular flexibility index (Phi) is 3.72. The number of rotatable bonds is 3. The highest BCUT2D eigenvalue weighted by Gasteiger charge is 2.25. The first kappa shape index (κ1) is 11.7. The molecule has 0 radical (unpaired) electrons. The third-order valence-corrected chi connectivity index (χ3v) is 3.89. The van der Waals surface area contributed by atoms with Crippen LogP contribution in [0.15, 0.2) is 18.2 Å². The molecule has 1 saturated carbocycles. The molecule has 2 nitrogen and oxygen atoms in total. The van der Waals surface area contributed by atoms with E-state index in [1.54, 1.807) is 0 Å². The zero-order valence-corrected chi connectivity index (χ0v) is 10.4. The van der Waals surface area contributed by atoms with E-state index in [9.17, 15) is 0 Å². The molecule has 0 saturated heterocycles. The van der Waals surface area contributed by atoms with E-state index < -0.39 is 0 Å². The SMILES string of the molecule is Cc1ccc(NC2CCCC2CN)cc1Cl. The summed E-state index contributed by atoms with van der Waals surface area (Å²) in [5.41, 5.74) is 8.00. The topological polar surface area (TPSA) is 38.0 Å². The molecular formula is C13H19ClN2. The highest BCUT2D eigenvalue weighted by Crippen LogP contribution is 2.29. The lowest BCUT2D eigenvalue weighted by Crippen LogP contribution is -2.29. The van der Waals surface area contributed by atoms with Crippen LogP contribution in [-0.2, 0) is 0 Å². The molecule has 0 heterocycles. The van der Waals surface area contributed by atoms with Gasteiger partial charge in [-0.05, 0) is 49.9 Å². The van der Waals surface area contributed by atoms with Crippen LogP contribution in [-0.4, -0.2) is 12.6 Å². The fourth-order valence-electron chi connectivity index (χ4n) is 2.41. The van der Waals surface area contributed by atoms with E-state index in [0.29, 0.717) is 12.0 Å². The summed E-state index contributed by atoms with van der Waals surface area (Å²) in [6.07, 6.45) is 3.74. The summed E-state index contributed by atoms with van der Waals surface area (Å²) in [4.78, 5) is 0. The van der Waals surface area contributed by atoms with Gasteiger partial charge < -0.3 is 11.1 Å². The van der Waals surface area contributed by atoms with E-state index in [0.717, 1.165) is 22.8 Å². The molecular weight excluding hydrogens is 220 g/mol. The number of nitrogens with two attached hydrogens (primary N) is 1. The fourth-order valence-corrected chi connectivity index (χ4v) is 2.59. The average Bonchev–Trinajstić information content (AvgIpc) is 2.71. The predicted octanol–water partition coefficient (Wildman–Crippen LogP) is 3.19. The van der Waals surface area contributed by atoms with Crippen molar-refractivity contribution in [2.75, 3.05) is 11.9 Å². The van der Waals surface area contributed by atoms with Crippen LogP contribution < -0.4 is 11.1 Å². The highest BCUT2D eigenvalue weighted by atomic mass is 35.5. The maximum Gasteiger partial charge on any atom is 0.0455 e. The Hall–Kier alpha value is -0.730.